The highest BCUT2D eigenvalue weighted by atomic mass is 16.6. The van der Waals surface area contributed by atoms with E-state index in [0.29, 0.717) is 6.61 Å². The third-order valence-corrected chi connectivity index (χ3v) is 1.60. The number of benzene rings is 1. The summed E-state index contributed by atoms with van der Waals surface area (Å²) in [7, 11) is 1.45. The van der Waals surface area contributed by atoms with Crippen LogP contribution in [-0.2, 0) is 21.0 Å². The zero-order chi connectivity index (χ0) is 10.2. The Kier molecular flexibility index (Phi) is 4.68. The second kappa shape index (κ2) is 6.12. The summed E-state index contributed by atoms with van der Waals surface area (Å²) in [6.07, 6.45) is 0. The molecule has 1 aromatic rings. The first-order valence-electron chi connectivity index (χ1n) is 4.28. The Hall–Kier alpha value is -1.39. The van der Waals surface area contributed by atoms with E-state index in [2.05, 4.69) is 10.3 Å². The van der Waals surface area contributed by atoms with E-state index in [1.54, 1.807) is 0 Å². The second-order valence-electron chi connectivity index (χ2n) is 2.67. The molecule has 1 rings (SSSR count). The highest BCUT2D eigenvalue weighted by molar-refractivity contribution is 5.71. The molecule has 0 saturated carbocycles. The molecule has 4 nitrogen and oxygen atoms in total. The van der Waals surface area contributed by atoms with E-state index in [4.69, 9.17) is 4.74 Å². The van der Waals surface area contributed by atoms with Crippen LogP contribution in [0.15, 0.2) is 30.3 Å². The van der Waals surface area contributed by atoms with E-state index in [-0.39, 0.29) is 12.5 Å². The van der Waals surface area contributed by atoms with Crippen LogP contribution in [0, 0.1) is 0 Å². The molecule has 0 atom stereocenters. The van der Waals surface area contributed by atoms with Gasteiger partial charge in [-0.1, -0.05) is 30.3 Å². The van der Waals surface area contributed by atoms with E-state index in [1.807, 2.05) is 30.3 Å². The second-order valence-corrected chi connectivity index (χ2v) is 2.67. The van der Waals surface area contributed by atoms with Crippen LogP contribution in [0.25, 0.3) is 0 Å². The molecule has 76 valence electrons. The molecule has 14 heavy (non-hydrogen) atoms. The van der Waals surface area contributed by atoms with E-state index >= 15 is 0 Å². The van der Waals surface area contributed by atoms with Gasteiger partial charge in [-0.2, -0.15) is 5.48 Å². The van der Waals surface area contributed by atoms with Gasteiger partial charge in [0.2, 0.25) is 0 Å². The predicted molar refractivity (Wildman–Crippen MR) is 51.2 cm³/mol. The Bertz CT molecular complexity index is 274. The maximum Gasteiger partial charge on any atom is 0.322 e. The zero-order valence-electron chi connectivity index (χ0n) is 8.03. The standard InChI is InChI=1S/C10H13NO3/c1-13-11-7-10(12)14-8-9-5-3-2-4-6-9/h2-6,11H,7-8H2,1H3. The average Bonchev–Trinajstić information content (AvgIpc) is 2.25. The van der Waals surface area contributed by atoms with Crippen LogP contribution in [0.3, 0.4) is 0 Å². The summed E-state index contributed by atoms with van der Waals surface area (Å²) >= 11 is 0. The van der Waals surface area contributed by atoms with E-state index < -0.39 is 0 Å². The van der Waals surface area contributed by atoms with Gasteiger partial charge in [-0.05, 0) is 5.56 Å². The monoisotopic (exact) mass is 195 g/mol. The van der Waals surface area contributed by atoms with Gasteiger partial charge in [-0.15, -0.1) is 0 Å². The van der Waals surface area contributed by atoms with Crippen LogP contribution in [0.4, 0.5) is 0 Å². The molecule has 0 aliphatic heterocycles. The van der Waals surface area contributed by atoms with Gasteiger partial charge in [0.15, 0.2) is 0 Å². The normalized spacial score (nSPS) is 9.79. The largest absolute Gasteiger partial charge is 0.460 e. The van der Waals surface area contributed by atoms with Crippen molar-refractivity contribution in [3.05, 3.63) is 35.9 Å². The highest BCUT2D eigenvalue weighted by Crippen LogP contribution is 2.00. The first kappa shape index (κ1) is 10.7. The molecule has 0 radical (unpaired) electrons. The first-order valence-corrected chi connectivity index (χ1v) is 4.28. The number of rotatable bonds is 5. The van der Waals surface area contributed by atoms with Gasteiger partial charge < -0.3 is 9.57 Å². The number of hydrogen-bond donors (Lipinski definition) is 1. The Balaban J connectivity index is 2.24. The number of esters is 1. The lowest BCUT2D eigenvalue weighted by atomic mass is 10.2. The topological polar surface area (TPSA) is 47.6 Å². The molecule has 0 saturated heterocycles. The van der Waals surface area contributed by atoms with Crippen molar-refractivity contribution in [3.8, 4) is 0 Å². The SMILES string of the molecule is CONCC(=O)OCc1ccccc1. The lowest BCUT2D eigenvalue weighted by molar-refractivity contribution is -0.146. The smallest absolute Gasteiger partial charge is 0.322 e. The van der Waals surface area contributed by atoms with Crippen LogP contribution in [0.5, 0.6) is 0 Å². The van der Waals surface area contributed by atoms with Crippen LogP contribution in [0.1, 0.15) is 5.56 Å². The number of nitrogens with one attached hydrogen (secondary N) is 1. The summed E-state index contributed by atoms with van der Waals surface area (Å²) in [4.78, 5) is 15.5. The minimum Gasteiger partial charge on any atom is -0.460 e. The third-order valence-electron chi connectivity index (χ3n) is 1.60. The summed E-state index contributed by atoms with van der Waals surface area (Å²) in [5.74, 6) is -0.337. The van der Waals surface area contributed by atoms with E-state index in [0.717, 1.165) is 5.56 Å². The molecule has 1 N–H and O–H groups in total. The number of hydrogen-bond acceptors (Lipinski definition) is 4. The summed E-state index contributed by atoms with van der Waals surface area (Å²) in [6, 6.07) is 9.51. The highest BCUT2D eigenvalue weighted by Gasteiger charge is 2.01. The number of hydroxylamine groups is 1. The van der Waals surface area contributed by atoms with Crippen molar-refractivity contribution in [2.75, 3.05) is 13.7 Å². The molecule has 4 heteroatoms. The fourth-order valence-corrected chi connectivity index (χ4v) is 0.920. The van der Waals surface area contributed by atoms with E-state index in [1.165, 1.54) is 7.11 Å². The molecule has 0 aromatic heterocycles. The lowest BCUT2D eigenvalue weighted by Crippen LogP contribution is -2.23. The maximum atomic E-state index is 11.0. The van der Waals surface area contributed by atoms with Crippen molar-refractivity contribution in [2.45, 2.75) is 6.61 Å². The minimum atomic E-state index is -0.337. The minimum absolute atomic E-state index is 0.0589. The van der Waals surface area contributed by atoms with Gasteiger partial charge in [0, 0.05) is 0 Å². The van der Waals surface area contributed by atoms with Crippen molar-refractivity contribution >= 4 is 5.97 Å². The van der Waals surface area contributed by atoms with Crippen molar-refractivity contribution in [1.82, 2.24) is 5.48 Å². The van der Waals surface area contributed by atoms with Crippen LogP contribution in [-0.4, -0.2) is 19.6 Å². The van der Waals surface area contributed by atoms with Gasteiger partial charge in [-0.3, -0.25) is 4.79 Å². The van der Waals surface area contributed by atoms with Crippen molar-refractivity contribution < 1.29 is 14.4 Å². The van der Waals surface area contributed by atoms with Crippen LogP contribution < -0.4 is 5.48 Å². The summed E-state index contributed by atoms with van der Waals surface area (Å²) < 4.78 is 4.95. The number of ether oxygens (including phenoxy) is 1. The quantitative estimate of drug-likeness (QED) is 0.559. The van der Waals surface area contributed by atoms with Crippen LogP contribution in [0.2, 0.25) is 0 Å². The molecule has 0 bridgehead atoms. The average molecular weight is 195 g/mol. The van der Waals surface area contributed by atoms with Gasteiger partial charge in [0.25, 0.3) is 0 Å². The summed E-state index contributed by atoms with van der Waals surface area (Å²) in [6.45, 7) is 0.356. The Labute approximate surface area is 82.8 Å². The fraction of sp³-hybridized carbons (Fsp3) is 0.300. The maximum absolute atomic E-state index is 11.0. The van der Waals surface area contributed by atoms with Crippen molar-refractivity contribution in [3.63, 3.8) is 0 Å². The molecule has 0 fully saturated rings. The third kappa shape index (κ3) is 4.02. The predicted octanol–water partition coefficient (Wildman–Crippen LogP) is 0.881. The molecule has 1 aromatic carbocycles. The van der Waals surface area contributed by atoms with Gasteiger partial charge in [-0.25, -0.2) is 0 Å². The zero-order valence-corrected chi connectivity index (χ0v) is 8.03. The fourth-order valence-electron chi connectivity index (χ4n) is 0.920. The Morgan fingerprint density at radius 1 is 1.36 bits per heavy atom. The first-order chi connectivity index (χ1) is 6.83. The van der Waals surface area contributed by atoms with Crippen LogP contribution >= 0.6 is 0 Å². The molecule has 0 amide bonds. The molecule has 0 aliphatic rings. The van der Waals surface area contributed by atoms with Gasteiger partial charge in [0.05, 0.1) is 7.11 Å². The Morgan fingerprint density at radius 2 is 2.07 bits per heavy atom. The summed E-state index contributed by atoms with van der Waals surface area (Å²) in [5, 5.41) is 0. The van der Waals surface area contributed by atoms with Gasteiger partial charge >= 0.3 is 5.97 Å². The molecule has 0 unspecified atom stereocenters. The molecule has 0 heterocycles. The van der Waals surface area contributed by atoms with Crippen molar-refractivity contribution in [2.24, 2.45) is 0 Å². The molecule has 0 aliphatic carbocycles. The van der Waals surface area contributed by atoms with Gasteiger partial charge in [0.1, 0.15) is 13.2 Å². The number of carbonyl (C=O) groups is 1. The lowest BCUT2D eigenvalue weighted by Gasteiger charge is -2.04. The molecular formula is C10H13NO3. The molecular weight excluding hydrogens is 182 g/mol. The summed E-state index contributed by atoms with van der Waals surface area (Å²) in [5.41, 5.74) is 3.38. The van der Waals surface area contributed by atoms with Crippen molar-refractivity contribution in [1.29, 1.82) is 0 Å². The number of carbonyl (C=O) groups excluding carboxylic acids is 1. The molecule has 0 spiro atoms. The van der Waals surface area contributed by atoms with E-state index in [9.17, 15) is 4.79 Å². The Morgan fingerprint density at radius 3 is 2.71 bits per heavy atom.